The van der Waals surface area contributed by atoms with E-state index in [1.165, 1.54) is 5.56 Å². The lowest BCUT2D eigenvalue weighted by Gasteiger charge is -1.96. The van der Waals surface area contributed by atoms with Gasteiger partial charge in [0, 0.05) is 5.56 Å². The van der Waals surface area contributed by atoms with Gasteiger partial charge in [-0.15, -0.1) is 0 Å². The maximum Gasteiger partial charge on any atom is 0.178 e. The Balaban J connectivity index is 2.14. The summed E-state index contributed by atoms with van der Waals surface area (Å²) in [6.07, 6.45) is 1.61. The van der Waals surface area contributed by atoms with Crippen LogP contribution in [0, 0.1) is 6.92 Å². The monoisotopic (exact) mass is 224 g/mol. The second-order valence-electron chi connectivity index (χ2n) is 4.09. The molecule has 0 atom stereocenters. The molecule has 2 aromatic heterocycles. The van der Waals surface area contributed by atoms with Crippen LogP contribution >= 0.6 is 0 Å². The minimum Gasteiger partial charge on any atom is -0.397 e. The molecule has 0 saturated carbocycles. The van der Waals surface area contributed by atoms with Gasteiger partial charge in [0.25, 0.3) is 0 Å². The van der Waals surface area contributed by atoms with Crippen molar-refractivity contribution in [2.75, 3.05) is 5.73 Å². The van der Waals surface area contributed by atoms with Crippen molar-refractivity contribution < 1.29 is 0 Å². The number of imidazole rings is 1. The molecule has 0 radical (unpaired) electrons. The summed E-state index contributed by atoms with van der Waals surface area (Å²) < 4.78 is 0. The van der Waals surface area contributed by atoms with Crippen molar-refractivity contribution in [1.82, 2.24) is 15.0 Å². The van der Waals surface area contributed by atoms with Crippen molar-refractivity contribution in [2.24, 2.45) is 0 Å². The molecule has 2 heterocycles. The van der Waals surface area contributed by atoms with E-state index in [9.17, 15) is 0 Å². The van der Waals surface area contributed by atoms with Crippen LogP contribution < -0.4 is 5.73 Å². The van der Waals surface area contributed by atoms with Crippen molar-refractivity contribution in [3.05, 3.63) is 42.1 Å². The third-order valence-electron chi connectivity index (χ3n) is 2.68. The fraction of sp³-hybridized carbons (Fsp3) is 0.0769. The molecule has 0 spiro atoms. The summed E-state index contributed by atoms with van der Waals surface area (Å²) in [4.78, 5) is 11.8. The number of anilines is 1. The van der Waals surface area contributed by atoms with Crippen LogP contribution in [0.25, 0.3) is 22.6 Å². The number of H-pyrrole nitrogens is 1. The second kappa shape index (κ2) is 3.59. The molecule has 0 saturated heterocycles. The minimum absolute atomic E-state index is 0.636. The molecule has 0 bridgehead atoms. The average molecular weight is 224 g/mol. The van der Waals surface area contributed by atoms with E-state index in [1.807, 2.05) is 18.2 Å². The van der Waals surface area contributed by atoms with Crippen LogP contribution in [-0.4, -0.2) is 15.0 Å². The summed E-state index contributed by atoms with van der Waals surface area (Å²) in [7, 11) is 0. The highest BCUT2D eigenvalue weighted by Crippen LogP contribution is 2.20. The van der Waals surface area contributed by atoms with Gasteiger partial charge in [0.05, 0.1) is 17.4 Å². The second-order valence-corrected chi connectivity index (χ2v) is 4.09. The highest BCUT2D eigenvalue weighted by Gasteiger charge is 2.05. The molecule has 4 nitrogen and oxygen atoms in total. The van der Waals surface area contributed by atoms with Crippen LogP contribution in [0.15, 0.2) is 36.5 Å². The number of nitrogen functional groups attached to an aromatic ring is 1. The van der Waals surface area contributed by atoms with Gasteiger partial charge < -0.3 is 10.7 Å². The Morgan fingerprint density at radius 1 is 1.18 bits per heavy atom. The molecule has 0 amide bonds. The van der Waals surface area contributed by atoms with Gasteiger partial charge in [-0.2, -0.15) is 0 Å². The number of benzene rings is 1. The lowest BCUT2D eigenvalue weighted by molar-refractivity contribution is 1.30. The van der Waals surface area contributed by atoms with Crippen LogP contribution in [0.4, 0.5) is 5.69 Å². The molecule has 17 heavy (non-hydrogen) atoms. The van der Waals surface area contributed by atoms with Crippen molar-refractivity contribution in [2.45, 2.75) is 6.92 Å². The van der Waals surface area contributed by atoms with E-state index in [-0.39, 0.29) is 0 Å². The standard InChI is InChI=1S/C13H12N4/c1-8-2-4-9(5-3-8)12-16-11-6-10(14)7-15-13(11)17-12/h2-7H,14H2,1H3,(H,15,16,17). The largest absolute Gasteiger partial charge is 0.397 e. The highest BCUT2D eigenvalue weighted by molar-refractivity contribution is 5.78. The lowest BCUT2D eigenvalue weighted by atomic mass is 10.1. The molecule has 84 valence electrons. The highest BCUT2D eigenvalue weighted by atomic mass is 15.0. The number of rotatable bonds is 1. The molecule has 3 aromatic rings. The fourth-order valence-corrected chi connectivity index (χ4v) is 1.76. The number of nitrogens with zero attached hydrogens (tertiary/aromatic N) is 2. The Morgan fingerprint density at radius 2 is 1.94 bits per heavy atom. The Labute approximate surface area is 98.5 Å². The normalized spacial score (nSPS) is 10.9. The molecule has 0 unspecified atom stereocenters. The van der Waals surface area contributed by atoms with Gasteiger partial charge in [0.1, 0.15) is 5.82 Å². The minimum atomic E-state index is 0.636. The molecule has 3 N–H and O–H groups in total. The Kier molecular flexibility index (Phi) is 2.08. The van der Waals surface area contributed by atoms with Crippen molar-refractivity contribution in [3.8, 4) is 11.4 Å². The van der Waals surface area contributed by atoms with Gasteiger partial charge >= 0.3 is 0 Å². The third-order valence-corrected chi connectivity index (χ3v) is 2.68. The van der Waals surface area contributed by atoms with Gasteiger partial charge in [-0.05, 0) is 13.0 Å². The number of nitrogens with one attached hydrogen (secondary N) is 1. The molecule has 1 aromatic carbocycles. The van der Waals surface area contributed by atoms with Gasteiger partial charge in [0.15, 0.2) is 5.65 Å². The first-order valence-corrected chi connectivity index (χ1v) is 5.41. The fourth-order valence-electron chi connectivity index (χ4n) is 1.76. The van der Waals surface area contributed by atoms with Crippen LogP contribution in [-0.2, 0) is 0 Å². The van der Waals surface area contributed by atoms with Crippen LogP contribution in [0.2, 0.25) is 0 Å². The van der Waals surface area contributed by atoms with Crippen molar-refractivity contribution in [1.29, 1.82) is 0 Å². The van der Waals surface area contributed by atoms with E-state index in [2.05, 4.69) is 34.0 Å². The average Bonchev–Trinajstić information content (AvgIpc) is 2.72. The number of aromatic nitrogens is 3. The van der Waals surface area contributed by atoms with Crippen molar-refractivity contribution in [3.63, 3.8) is 0 Å². The number of pyridine rings is 1. The Morgan fingerprint density at radius 3 is 2.71 bits per heavy atom. The van der Waals surface area contributed by atoms with E-state index in [0.717, 1.165) is 16.9 Å². The molecule has 3 rings (SSSR count). The maximum atomic E-state index is 5.68. The first-order valence-electron chi connectivity index (χ1n) is 5.41. The SMILES string of the molecule is Cc1ccc(-c2nc3ncc(N)cc3[nH]2)cc1. The van der Waals surface area contributed by atoms with E-state index in [0.29, 0.717) is 11.3 Å². The number of hydrogen-bond donors (Lipinski definition) is 2. The number of aryl methyl sites for hydroxylation is 1. The molecule has 0 aliphatic heterocycles. The summed E-state index contributed by atoms with van der Waals surface area (Å²) in [5.41, 5.74) is 10.1. The first kappa shape index (κ1) is 9.84. The summed E-state index contributed by atoms with van der Waals surface area (Å²) in [5, 5.41) is 0. The summed E-state index contributed by atoms with van der Waals surface area (Å²) in [6, 6.07) is 10.0. The number of hydrogen-bond acceptors (Lipinski definition) is 3. The summed E-state index contributed by atoms with van der Waals surface area (Å²) in [5.74, 6) is 0.818. The van der Waals surface area contributed by atoms with Gasteiger partial charge in [-0.1, -0.05) is 29.8 Å². The summed E-state index contributed by atoms with van der Waals surface area (Å²) in [6.45, 7) is 2.06. The smallest absolute Gasteiger partial charge is 0.178 e. The van der Waals surface area contributed by atoms with E-state index < -0.39 is 0 Å². The van der Waals surface area contributed by atoms with Crippen LogP contribution in [0.3, 0.4) is 0 Å². The Bertz CT molecular complexity index is 667. The quantitative estimate of drug-likeness (QED) is 0.667. The van der Waals surface area contributed by atoms with Crippen molar-refractivity contribution >= 4 is 16.9 Å². The zero-order valence-electron chi connectivity index (χ0n) is 9.44. The summed E-state index contributed by atoms with van der Waals surface area (Å²) >= 11 is 0. The number of nitrogens with two attached hydrogens (primary N) is 1. The van der Waals surface area contributed by atoms with Gasteiger partial charge in [-0.25, -0.2) is 9.97 Å². The molecule has 4 heteroatoms. The maximum absolute atomic E-state index is 5.68. The molecule has 0 fully saturated rings. The van der Waals surface area contributed by atoms with E-state index in [1.54, 1.807) is 6.20 Å². The first-order chi connectivity index (χ1) is 8.22. The predicted octanol–water partition coefficient (Wildman–Crippen LogP) is 2.52. The molecule has 0 aliphatic carbocycles. The lowest BCUT2D eigenvalue weighted by Crippen LogP contribution is -1.85. The van der Waals surface area contributed by atoms with Gasteiger partial charge in [-0.3, -0.25) is 0 Å². The zero-order valence-corrected chi connectivity index (χ0v) is 9.44. The third kappa shape index (κ3) is 1.73. The zero-order chi connectivity index (χ0) is 11.8. The molecule has 0 aliphatic rings. The number of aromatic amines is 1. The molecular weight excluding hydrogens is 212 g/mol. The van der Waals surface area contributed by atoms with E-state index in [4.69, 9.17) is 5.73 Å². The topological polar surface area (TPSA) is 67.6 Å². The van der Waals surface area contributed by atoms with Crippen LogP contribution in [0.5, 0.6) is 0 Å². The Hall–Kier alpha value is -2.36. The van der Waals surface area contributed by atoms with Crippen LogP contribution in [0.1, 0.15) is 5.56 Å². The predicted molar refractivity (Wildman–Crippen MR) is 68.5 cm³/mol. The molecular formula is C13H12N4. The number of fused-ring (bicyclic) bond motifs is 1. The van der Waals surface area contributed by atoms with E-state index >= 15 is 0 Å². The van der Waals surface area contributed by atoms with Gasteiger partial charge in [0.2, 0.25) is 0 Å².